The monoisotopic (exact) mass is 454 g/mol. The molecule has 1 amide bonds. The van der Waals surface area contributed by atoms with E-state index in [4.69, 9.17) is 14.2 Å². The second-order valence-electron chi connectivity index (χ2n) is 6.96. The van der Waals surface area contributed by atoms with Crippen LogP contribution in [0.3, 0.4) is 0 Å². The highest BCUT2D eigenvalue weighted by Crippen LogP contribution is 2.22. The molecular formula is C19H27BrN4O4. The highest BCUT2D eigenvalue weighted by atomic mass is 79.9. The largest absolute Gasteiger partial charge is 0.444 e. The number of halogens is 1. The lowest BCUT2D eigenvalue weighted by atomic mass is 10.2. The Bertz CT molecular complexity index is 767. The quantitative estimate of drug-likeness (QED) is 0.531. The second-order valence-corrected chi connectivity index (χ2v) is 7.88. The number of alkyl carbamates (subject to hydrolysis) is 1. The van der Waals surface area contributed by atoms with Crippen LogP contribution in [0.25, 0.3) is 10.9 Å². The van der Waals surface area contributed by atoms with Crippen molar-refractivity contribution in [2.45, 2.75) is 26.4 Å². The molecule has 0 saturated carbocycles. The van der Waals surface area contributed by atoms with Crippen molar-refractivity contribution in [2.75, 3.05) is 44.8 Å². The summed E-state index contributed by atoms with van der Waals surface area (Å²) in [6.07, 6.45) is 1.10. The predicted octanol–water partition coefficient (Wildman–Crippen LogP) is 3.36. The summed E-state index contributed by atoms with van der Waals surface area (Å²) in [5.41, 5.74) is 0.386. The van der Waals surface area contributed by atoms with Gasteiger partial charge in [-0.05, 0) is 39.0 Å². The number of ether oxygens (including phenoxy) is 3. The first-order chi connectivity index (χ1) is 13.3. The molecule has 1 aromatic carbocycles. The standard InChI is InChI=1S/C19H27BrN4O4/c1-19(2,3)28-18(25)22-7-9-27-11-10-26-8-6-21-17-15-12-14(20)4-5-16(15)23-13-24-17/h4-5,12-13H,6-11H2,1-3H3,(H,22,25)(H,21,23,24). The van der Waals surface area contributed by atoms with Gasteiger partial charge in [-0.2, -0.15) is 0 Å². The molecule has 0 unspecified atom stereocenters. The Morgan fingerprint density at radius 1 is 1.07 bits per heavy atom. The molecule has 0 fully saturated rings. The molecule has 1 heterocycles. The van der Waals surface area contributed by atoms with Crippen molar-refractivity contribution >= 4 is 38.7 Å². The van der Waals surface area contributed by atoms with Gasteiger partial charge in [-0.25, -0.2) is 14.8 Å². The van der Waals surface area contributed by atoms with Crippen LogP contribution in [0, 0.1) is 0 Å². The van der Waals surface area contributed by atoms with Crippen molar-refractivity contribution in [1.29, 1.82) is 0 Å². The van der Waals surface area contributed by atoms with E-state index >= 15 is 0 Å². The van der Waals surface area contributed by atoms with E-state index in [-0.39, 0.29) is 0 Å². The van der Waals surface area contributed by atoms with Crippen molar-refractivity contribution in [3.05, 3.63) is 29.0 Å². The molecule has 0 bridgehead atoms. The van der Waals surface area contributed by atoms with E-state index in [2.05, 4.69) is 36.5 Å². The number of benzene rings is 1. The van der Waals surface area contributed by atoms with Crippen LogP contribution in [-0.4, -0.2) is 61.2 Å². The van der Waals surface area contributed by atoms with Gasteiger partial charge in [0.05, 0.1) is 31.9 Å². The molecule has 9 heteroatoms. The minimum absolute atomic E-state index is 0.396. The lowest BCUT2D eigenvalue weighted by molar-refractivity contribution is 0.0415. The summed E-state index contributed by atoms with van der Waals surface area (Å²) in [6.45, 7) is 8.35. The van der Waals surface area contributed by atoms with Gasteiger partial charge in [0.1, 0.15) is 17.7 Å². The molecule has 28 heavy (non-hydrogen) atoms. The molecule has 0 aliphatic carbocycles. The zero-order valence-corrected chi connectivity index (χ0v) is 18.0. The van der Waals surface area contributed by atoms with E-state index < -0.39 is 11.7 Å². The van der Waals surface area contributed by atoms with Gasteiger partial charge in [-0.3, -0.25) is 0 Å². The van der Waals surface area contributed by atoms with Crippen molar-refractivity contribution < 1.29 is 19.0 Å². The SMILES string of the molecule is CC(C)(C)OC(=O)NCCOCCOCCNc1ncnc2ccc(Br)cc12. The molecule has 154 valence electrons. The highest BCUT2D eigenvalue weighted by Gasteiger charge is 2.15. The van der Waals surface area contributed by atoms with Crippen molar-refractivity contribution in [3.63, 3.8) is 0 Å². The molecular weight excluding hydrogens is 428 g/mol. The Labute approximate surface area is 173 Å². The number of amides is 1. The molecule has 0 saturated heterocycles. The van der Waals surface area contributed by atoms with Crippen LogP contribution in [0.4, 0.5) is 10.6 Å². The maximum atomic E-state index is 11.5. The van der Waals surface area contributed by atoms with E-state index in [1.165, 1.54) is 0 Å². The van der Waals surface area contributed by atoms with E-state index in [1.807, 2.05) is 39.0 Å². The Balaban J connectivity index is 1.53. The molecule has 1 aromatic heterocycles. The fourth-order valence-corrected chi connectivity index (χ4v) is 2.63. The minimum Gasteiger partial charge on any atom is -0.444 e. The Morgan fingerprint density at radius 2 is 1.79 bits per heavy atom. The summed E-state index contributed by atoms with van der Waals surface area (Å²) in [5, 5.41) is 6.85. The number of carbonyl (C=O) groups is 1. The summed E-state index contributed by atoms with van der Waals surface area (Å²) in [7, 11) is 0. The summed E-state index contributed by atoms with van der Waals surface area (Å²) < 4.78 is 17.1. The topological polar surface area (TPSA) is 94.6 Å². The van der Waals surface area contributed by atoms with Crippen molar-refractivity contribution in [1.82, 2.24) is 15.3 Å². The van der Waals surface area contributed by atoms with Crippen LogP contribution in [0.5, 0.6) is 0 Å². The Hall–Kier alpha value is -1.97. The van der Waals surface area contributed by atoms with Gasteiger partial charge < -0.3 is 24.8 Å². The molecule has 0 aliphatic rings. The van der Waals surface area contributed by atoms with Crippen LogP contribution in [0.1, 0.15) is 20.8 Å². The van der Waals surface area contributed by atoms with Gasteiger partial charge in [0.25, 0.3) is 0 Å². The average Bonchev–Trinajstić information content (AvgIpc) is 2.62. The molecule has 0 aliphatic heterocycles. The van der Waals surface area contributed by atoms with Crippen molar-refractivity contribution in [2.24, 2.45) is 0 Å². The number of carbonyl (C=O) groups excluding carboxylic acids is 1. The molecule has 8 nitrogen and oxygen atoms in total. The number of anilines is 1. The smallest absolute Gasteiger partial charge is 0.407 e. The van der Waals surface area contributed by atoms with Gasteiger partial charge in [0.2, 0.25) is 0 Å². The number of hydrogen-bond donors (Lipinski definition) is 2. The third kappa shape index (κ3) is 8.37. The molecule has 2 rings (SSSR count). The number of fused-ring (bicyclic) bond motifs is 1. The maximum absolute atomic E-state index is 11.5. The summed E-state index contributed by atoms with van der Waals surface area (Å²) in [5.74, 6) is 0.777. The molecule has 0 radical (unpaired) electrons. The average molecular weight is 455 g/mol. The lowest BCUT2D eigenvalue weighted by Crippen LogP contribution is -2.34. The van der Waals surface area contributed by atoms with Crippen LogP contribution >= 0.6 is 15.9 Å². The van der Waals surface area contributed by atoms with Crippen molar-refractivity contribution in [3.8, 4) is 0 Å². The summed E-state index contributed by atoms with van der Waals surface area (Å²) in [6, 6.07) is 5.88. The molecule has 0 spiro atoms. The predicted molar refractivity (Wildman–Crippen MR) is 112 cm³/mol. The normalized spacial score (nSPS) is 11.4. The minimum atomic E-state index is -0.499. The zero-order valence-electron chi connectivity index (χ0n) is 16.5. The fraction of sp³-hybridized carbons (Fsp3) is 0.526. The van der Waals surface area contributed by atoms with E-state index in [9.17, 15) is 4.79 Å². The van der Waals surface area contributed by atoms with Gasteiger partial charge in [0.15, 0.2) is 0 Å². The van der Waals surface area contributed by atoms with Crippen LogP contribution in [0.15, 0.2) is 29.0 Å². The number of nitrogens with zero attached hydrogens (tertiary/aromatic N) is 2. The maximum Gasteiger partial charge on any atom is 0.407 e. The Kier molecular flexibility index (Phi) is 8.88. The second kappa shape index (κ2) is 11.1. The van der Waals surface area contributed by atoms with Gasteiger partial charge in [-0.15, -0.1) is 0 Å². The van der Waals surface area contributed by atoms with Crippen LogP contribution < -0.4 is 10.6 Å². The number of hydrogen-bond acceptors (Lipinski definition) is 7. The molecule has 2 aromatic rings. The van der Waals surface area contributed by atoms with Gasteiger partial charge in [-0.1, -0.05) is 15.9 Å². The third-order valence-electron chi connectivity index (χ3n) is 3.42. The number of aromatic nitrogens is 2. The van der Waals surface area contributed by atoms with Gasteiger partial charge in [0, 0.05) is 22.9 Å². The summed E-state index contributed by atoms with van der Waals surface area (Å²) in [4.78, 5) is 20.0. The number of rotatable bonds is 10. The first-order valence-corrected chi connectivity index (χ1v) is 9.91. The van der Waals surface area contributed by atoms with E-state index in [1.54, 1.807) is 6.33 Å². The van der Waals surface area contributed by atoms with E-state index in [0.717, 1.165) is 21.2 Å². The fourth-order valence-electron chi connectivity index (χ4n) is 2.27. The summed E-state index contributed by atoms with van der Waals surface area (Å²) >= 11 is 3.46. The molecule has 0 atom stereocenters. The third-order valence-corrected chi connectivity index (χ3v) is 3.92. The van der Waals surface area contributed by atoms with Gasteiger partial charge >= 0.3 is 6.09 Å². The zero-order chi connectivity index (χ0) is 20.4. The molecule has 2 N–H and O–H groups in total. The lowest BCUT2D eigenvalue weighted by Gasteiger charge is -2.19. The highest BCUT2D eigenvalue weighted by molar-refractivity contribution is 9.10. The first-order valence-electron chi connectivity index (χ1n) is 9.11. The van der Waals surface area contributed by atoms with Crippen LogP contribution in [0.2, 0.25) is 0 Å². The number of nitrogens with one attached hydrogen (secondary N) is 2. The van der Waals surface area contributed by atoms with Crippen LogP contribution in [-0.2, 0) is 14.2 Å². The Morgan fingerprint density at radius 3 is 2.50 bits per heavy atom. The first kappa shape index (κ1) is 22.3. The van der Waals surface area contributed by atoms with E-state index in [0.29, 0.717) is 39.5 Å².